The molecule has 0 amide bonds. The smallest absolute Gasteiger partial charge is 0.320 e. The van der Waals surface area contributed by atoms with Crippen molar-refractivity contribution in [3.8, 4) is 0 Å². The summed E-state index contributed by atoms with van der Waals surface area (Å²) in [6.45, 7) is 4.16. The van der Waals surface area contributed by atoms with Crippen LogP contribution < -0.4 is 0 Å². The van der Waals surface area contributed by atoms with Crippen LogP contribution >= 0.6 is 0 Å². The molecule has 0 saturated heterocycles. The van der Waals surface area contributed by atoms with Crippen LogP contribution in [-0.4, -0.2) is 38.1 Å². The first-order valence-corrected chi connectivity index (χ1v) is 5.19. The van der Waals surface area contributed by atoms with Crippen molar-refractivity contribution < 1.29 is 9.90 Å². The minimum atomic E-state index is -0.738. The average Bonchev–Trinajstić information content (AvgIpc) is 2.65. The molecule has 1 N–H and O–H groups in total. The number of imidazole rings is 1. The lowest BCUT2D eigenvalue weighted by molar-refractivity contribution is -0.144. The first-order valence-electron chi connectivity index (χ1n) is 5.19. The Labute approximate surface area is 88.3 Å². The quantitative estimate of drug-likeness (QED) is 0.790. The van der Waals surface area contributed by atoms with E-state index in [1.165, 1.54) is 0 Å². The van der Waals surface area contributed by atoms with E-state index in [0.29, 0.717) is 13.0 Å². The van der Waals surface area contributed by atoms with Crippen molar-refractivity contribution in [2.75, 3.05) is 6.54 Å². The first-order chi connectivity index (χ1) is 7.22. The molecule has 1 atom stereocenters. The molecule has 82 valence electrons. The molecule has 1 aliphatic rings. The van der Waals surface area contributed by atoms with E-state index < -0.39 is 5.97 Å². The molecule has 0 aromatic carbocycles. The summed E-state index contributed by atoms with van der Waals surface area (Å²) in [7, 11) is 0. The predicted octanol–water partition coefficient (Wildman–Crippen LogP) is 0.562. The van der Waals surface area contributed by atoms with Crippen molar-refractivity contribution in [2.24, 2.45) is 0 Å². The Kier molecular flexibility index (Phi) is 2.73. The Hall–Kier alpha value is -1.36. The van der Waals surface area contributed by atoms with E-state index in [-0.39, 0.29) is 6.04 Å². The lowest BCUT2D eigenvalue weighted by Crippen LogP contribution is -2.45. The lowest BCUT2D eigenvalue weighted by atomic mass is 10.1. The zero-order valence-corrected chi connectivity index (χ0v) is 8.76. The number of carbonyl (C=O) groups is 1. The summed E-state index contributed by atoms with van der Waals surface area (Å²) in [5, 5.41) is 9.06. The van der Waals surface area contributed by atoms with Crippen LogP contribution in [0.4, 0.5) is 0 Å². The topological polar surface area (TPSA) is 58.4 Å². The highest BCUT2D eigenvalue weighted by atomic mass is 16.4. The third-order valence-electron chi connectivity index (χ3n) is 2.89. The number of nitrogens with zero attached hydrogens (tertiary/aromatic N) is 3. The number of carboxylic acids is 1. The van der Waals surface area contributed by atoms with E-state index in [1.807, 2.05) is 18.0 Å². The van der Waals surface area contributed by atoms with E-state index in [4.69, 9.17) is 5.11 Å². The van der Waals surface area contributed by atoms with Crippen molar-refractivity contribution in [2.45, 2.75) is 32.5 Å². The van der Waals surface area contributed by atoms with Gasteiger partial charge in [-0.3, -0.25) is 9.69 Å². The second kappa shape index (κ2) is 4.02. The van der Waals surface area contributed by atoms with Gasteiger partial charge in [-0.1, -0.05) is 6.92 Å². The van der Waals surface area contributed by atoms with E-state index in [2.05, 4.69) is 9.55 Å². The molecule has 1 aromatic rings. The molecule has 15 heavy (non-hydrogen) atoms. The molecule has 2 rings (SSSR count). The molecule has 0 radical (unpaired) electrons. The predicted molar refractivity (Wildman–Crippen MR) is 54.4 cm³/mol. The Morgan fingerprint density at radius 2 is 2.47 bits per heavy atom. The molecule has 1 unspecified atom stereocenters. The van der Waals surface area contributed by atoms with Crippen LogP contribution in [0.15, 0.2) is 12.4 Å². The Morgan fingerprint density at radius 3 is 3.13 bits per heavy atom. The summed E-state index contributed by atoms with van der Waals surface area (Å²) in [5.41, 5.74) is 0. The van der Waals surface area contributed by atoms with Gasteiger partial charge in [-0.15, -0.1) is 0 Å². The number of rotatable bonds is 3. The van der Waals surface area contributed by atoms with Gasteiger partial charge in [-0.2, -0.15) is 0 Å². The van der Waals surface area contributed by atoms with Gasteiger partial charge in [-0.05, 0) is 6.42 Å². The van der Waals surface area contributed by atoms with Crippen LogP contribution in [-0.2, 0) is 17.9 Å². The number of hydrogen-bond donors (Lipinski definition) is 1. The summed E-state index contributed by atoms with van der Waals surface area (Å²) in [6, 6.07) is -0.379. The molecule has 0 spiro atoms. The maximum Gasteiger partial charge on any atom is 0.320 e. The van der Waals surface area contributed by atoms with Crippen LogP contribution in [0.2, 0.25) is 0 Å². The van der Waals surface area contributed by atoms with Gasteiger partial charge in [0.15, 0.2) is 0 Å². The minimum absolute atomic E-state index is 0.379. The Balaban J connectivity index is 2.11. The zero-order valence-electron chi connectivity index (χ0n) is 8.76. The van der Waals surface area contributed by atoms with Crippen LogP contribution in [0.1, 0.15) is 19.2 Å². The van der Waals surface area contributed by atoms with Gasteiger partial charge < -0.3 is 9.67 Å². The summed E-state index contributed by atoms with van der Waals surface area (Å²) in [6.07, 6.45) is 4.34. The maximum atomic E-state index is 11.0. The van der Waals surface area contributed by atoms with Crippen molar-refractivity contribution in [1.82, 2.24) is 14.5 Å². The van der Waals surface area contributed by atoms with Crippen LogP contribution in [0.25, 0.3) is 0 Å². The summed E-state index contributed by atoms with van der Waals surface area (Å²) >= 11 is 0. The van der Waals surface area contributed by atoms with E-state index >= 15 is 0 Å². The second-order valence-corrected chi connectivity index (χ2v) is 3.77. The molecule has 1 aromatic heterocycles. The Morgan fingerprint density at radius 1 is 1.67 bits per heavy atom. The zero-order chi connectivity index (χ0) is 10.8. The second-order valence-electron chi connectivity index (χ2n) is 3.77. The molecule has 0 aliphatic carbocycles. The fourth-order valence-corrected chi connectivity index (χ4v) is 2.05. The molecular weight excluding hydrogens is 194 g/mol. The number of aliphatic carboxylic acids is 1. The van der Waals surface area contributed by atoms with Gasteiger partial charge in [0.1, 0.15) is 11.9 Å². The van der Waals surface area contributed by atoms with Crippen LogP contribution in [0.3, 0.4) is 0 Å². The molecule has 2 heterocycles. The first kappa shape index (κ1) is 10.2. The highest BCUT2D eigenvalue weighted by Gasteiger charge is 2.27. The van der Waals surface area contributed by atoms with E-state index in [1.54, 1.807) is 6.20 Å². The SMILES string of the molecule is CCC(C(=O)O)N1CCn2ccnc2C1. The third-order valence-corrected chi connectivity index (χ3v) is 2.89. The maximum absolute atomic E-state index is 11.0. The number of fused-ring (bicyclic) bond motifs is 1. The molecule has 1 aliphatic heterocycles. The molecule has 5 heteroatoms. The fourth-order valence-electron chi connectivity index (χ4n) is 2.05. The van der Waals surface area contributed by atoms with E-state index in [9.17, 15) is 4.79 Å². The number of hydrogen-bond acceptors (Lipinski definition) is 3. The van der Waals surface area contributed by atoms with Gasteiger partial charge >= 0.3 is 5.97 Å². The van der Waals surface area contributed by atoms with Crippen LogP contribution in [0.5, 0.6) is 0 Å². The molecule has 0 saturated carbocycles. The van der Waals surface area contributed by atoms with Gasteiger partial charge in [-0.25, -0.2) is 4.98 Å². The summed E-state index contributed by atoms with van der Waals surface area (Å²) < 4.78 is 2.07. The molecule has 0 fully saturated rings. The van der Waals surface area contributed by atoms with Crippen molar-refractivity contribution in [1.29, 1.82) is 0 Å². The Bertz CT molecular complexity index is 361. The standard InChI is InChI=1S/C10H15N3O2/c1-2-8(10(14)15)13-6-5-12-4-3-11-9(12)7-13/h3-4,8H,2,5-7H2,1H3,(H,14,15). The molecule has 5 nitrogen and oxygen atoms in total. The van der Waals surface area contributed by atoms with E-state index in [0.717, 1.165) is 18.9 Å². The number of aromatic nitrogens is 2. The monoisotopic (exact) mass is 209 g/mol. The van der Waals surface area contributed by atoms with Gasteiger partial charge in [0.25, 0.3) is 0 Å². The van der Waals surface area contributed by atoms with Gasteiger partial charge in [0, 0.05) is 25.5 Å². The van der Waals surface area contributed by atoms with Gasteiger partial charge in [0.05, 0.1) is 6.54 Å². The summed E-state index contributed by atoms with van der Waals surface area (Å²) in [4.78, 5) is 17.2. The minimum Gasteiger partial charge on any atom is -0.480 e. The van der Waals surface area contributed by atoms with Crippen molar-refractivity contribution in [3.05, 3.63) is 18.2 Å². The molecule has 0 bridgehead atoms. The lowest BCUT2D eigenvalue weighted by Gasteiger charge is -2.31. The van der Waals surface area contributed by atoms with Crippen molar-refractivity contribution in [3.63, 3.8) is 0 Å². The highest BCUT2D eigenvalue weighted by molar-refractivity contribution is 5.73. The largest absolute Gasteiger partial charge is 0.480 e. The fraction of sp³-hybridized carbons (Fsp3) is 0.600. The third kappa shape index (κ3) is 1.87. The average molecular weight is 209 g/mol. The van der Waals surface area contributed by atoms with Crippen LogP contribution in [0, 0.1) is 0 Å². The van der Waals surface area contributed by atoms with Gasteiger partial charge in [0.2, 0.25) is 0 Å². The number of carboxylic acid groups (broad SMARTS) is 1. The highest BCUT2D eigenvalue weighted by Crippen LogP contribution is 2.15. The normalized spacial score (nSPS) is 18.5. The van der Waals surface area contributed by atoms with Crippen molar-refractivity contribution >= 4 is 5.97 Å². The summed E-state index contributed by atoms with van der Waals surface area (Å²) in [5.74, 6) is 0.221. The molecular formula is C10H15N3O2.